The zero-order valence-electron chi connectivity index (χ0n) is 23.0. The fourth-order valence-electron chi connectivity index (χ4n) is 5.18. The molecule has 2 N–H and O–H groups in total. The van der Waals surface area contributed by atoms with Crippen molar-refractivity contribution >= 4 is 34.9 Å². The van der Waals surface area contributed by atoms with Crippen LogP contribution in [0.1, 0.15) is 24.1 Å². The van der Waals surface area contributed by atoms with E-state index in [-0.39, 0.29) is 11.1 Å². The van der Waals surface area contributed by atoms with Crippen LogP contribution < -0.4 is 20.3 Å². The lowest BCUT2D eigenvalue weighted by molar-refractivity contribution is -0.115. The number of benzene rings is 3. The Morgan fingerprint density at radius 2 is 1.67 bits per heavy atom. The van der Waals surface area contributed by atoms with Crippen molar-refractivity contribution in [3.05, 3.63) is 107 Å². The van der Waals surface area contributed by atoms with Crippen LogP contribution in [0.15, 0.2) is 96.0 Å². The van der Waals surface area contributed by atoms with Crippen LogP contribution in [-0.4, -0.2) is 40.7 Å². The molecule has 3 heterocycles. The van der Waals surface area contributed by atoms with Gasteiger partial charge in [-0.2, -0.15) is 0 Å². The van der Waals surface area contributed by atoms with Gasteiger partial charge in [0.25, 0.3) is 11.1 Å². The molecule has 42 heavy (non-hydrogen) atoms. The van der Waals surface area contributed by atoms with Gasteiger partial charge in [0.05, 0.1) is 10.6 Å². The van der Waals surface area contributed by atoms with E-state index in [1.54, 1.807) is 18.3 Å². The zero-order chi connectivity index (χ0) is 28.7. The fourth-order valence-corrected chi connectivity index (χ4v) is 5.85. The van der Waals surface area contributed by atoms with Crippen LogP contribution in [0.3, 0.4) is 0 Å². The minimum absolute atomic E-state index is 0.352. The average Bonchev–Trinajstić information content (AvgIpc) is 3.34. The summed E-state index contributed by atoms with van der Waals surface area (Å²) in [6, 6.07) is 28.3. The van der Waals surface area contributed by atoms with Crippen molar-refractivity contribution in [3.63, 3.8) is 0 Å². The number of thioether (sulfide) groups is 1. The molecule has 2 fully saturated rings. The molecule has 1 aromatic heterocycles. The largest absolute Gasteiger partial charge is 0.457 e. The minimum Gasteiger partial charge on any atom is -0.457 e. The van der Waals surface area contributed by atoms with E-state index < -0.39 is 0 Å². The lowest BCUT2D eigenvalue weighted by atomic mass is 9.96. The molecule has 9 heteroatoms. The van der Waals surface area contributed by atoms with E-state index in [0.717, 1.165) is 67.8 Å². The maximum Gasteiger partial charge on any atom is 0.290 e. The maximum atomic E-state index is 11.9. The molecule has 2 aliphatic heterocycles. The summed E-state index contributed by atoms with van der Waals surface area (Å²) in [5.41, 5.74) is 4.27. The molecule has 3 aromatic carbocycles. The number of hydrogen-bond acceptors (Lipinski definition) is 8. The second-order valence-electron chi connectivity index (χ2n) is 10.3. The van der Waals surface area contributed by atoms with E-state index in [1.165, 1.54) is 11.1 Å². The number of hydrogen-bond donors (Lipinski definition) is 2. The van der Waals surface area contributed by atoms with Gasteiger partial charge >= 0.3 is 0 Å². The van der Waals surface area contributed by atoms with Crippen molar-refractivity contribution in [3.8, 4) is 22.6 Å². The number of para-hydroxylation sites is 1. The van der Waals surface area contributed by atoms with E-state index in [2.05, 4.69) is 61.9 Å². The molecule has 2 aliphatic rings. The van der Waals surface area contributed by atoms with Crippen molar-refractivity contribution in [1.82, 2.24) is 20.6 Å². The second-order valence-corrected chi connectivity index (χ2v) is 11.3. The van der Waals surface area contributed by atoms with Crippen molar-refractivity contribution < 1.29 is 14.3 Å². The fraction of sp³-hybridized carbons (Fsp3) is 0.212. The monoisotopic (exact) mass is 577 g/mol. The van der Waals surface area contributed by atoms with E-state index >= 15 is 0 Å². The van der Waals surface area contributed by atoms with Crippen LogP contribution in [-0.2, 0) is 11.3 Å². The highest BCUT2D eigenvalue weighted by atomic mass is 32.2. The van der Waals surface area contributed by atoms with E-state index in [4.69, 9.17) is 4.74 Å². The van der Waals surface area contributed by atoms with Gasteiger partial charge in [-0.3, -0.25) is 14.9 Å². The maximum absolute atomic E-state index is 11.9. The number of carbonyl (C=O) groups is 2. The highest BCUT2D eigenvalue weighted by Crippen LogP contribution is 2.29. The first-order valence-corrected chi connectivity index (χ1v) is 14.9. The third kappa shape index (κ3) is 6.87. The molecular weight excluding hydrogens is 546 g/mol. The Morgan fingerprint density at radius 3 is 2.43 bits per heavy atom. The predicted molar refractivity (Wildman–Crippen MR) is 166 cm³/mol. The van der Waals surface area contributed by atoms with E-state index in [0.29, 0.717) is 22.5 Å². The van der Waals surface area contributed by atoms with Crippen LogP contribution in [0.25, 0.3) is 17.2 Å². The Morgan fingerprint density at radius 1 is 0.929 bits per heavy atom. The first kappa shape index (κ1) is 27.7. The van der Waals surface area contributed by atoms with Crippen molar-refractivity contribution in [2.45, 2.75) is 19.4 Å². The number of anilines is 1. The molecule has 2 saturated heterocycles. The van der Waals surface area contributed by atoms with Crippen molar-refractivity contribution in [2.75, 3.05) is 24.5 Å². The number of imide groups is 1. The van der Waals surface area contributed by atoms with Gasteiger partial charge < -0.3 is 15.0 Å². The Hall–Kier alpha value is -4.47. The quantitative estimate of drug-likeness (QED) is 0.225. The molecule has 2 amide bonds. The molecule has 0 atom stereocenters. The molecule has 212 valence electrons. The smallest absolute Gasteiger partial charge is 0.290 e. The van der Waals surface area contributed by atoms with Crippen molar-refractivity contribution in [1.29, 1.82) is 0 Å². The number of aromatic nitrogens is 2. The lowest BCUT2D eigenvalue weighted by Gasteiger charge is -2.32. The van der Waals surface area contributed by atoms with Crippen LogP contribution in [0.5, 0.6) is 11.5 Å². The van der Waals surface area contributed by atoms with Crippen LogP contribution in [0.4, 0.5) is 10.7 Å². The molecule has 0 unspecified atom stereocenters. The van der Waals surface area contributed by atoms with Crippen molar-refractivity contribution in [2.24, 2.45) is 5.92 Å². The van der Waals surface area contributed by atoms with Crippen LogP contribution >= 0.6 is 11.8 Å². The summed E-state index contributed by atoms with van der Waals surface area (Å²) < 4.78 is 5.95. The van der Waals surface area contributed by atoms with E-state index in [9.17, 15) is 9.59 Å². The number of nitrogens with one attached hydrogen (secondary N) is 2. The summed E-state index contributed by atoms with van der Waals surface area (Å²) in [7, 11) is 0. The average molecular weight is 578 g/mol. The molecular formula is C33H31N5O3S. The van der Waals surface area contributed by atoms with Gasteiger partial charge in [0.1, 0.15) is 11.5 Å². The van der Waals surface area contributed by atoms with Gasteiger partial charge in [-0.05, 0) is 90.2 Å². The Labute approximate surface area is 249 Å². The van der Waals surface area contributed by atoms with Gasteiger partial charge in [0.15, 0.2) is 0 Å². The number of nitrogens with zero attached hydrogens (tertiary/aromatic N) is 3. The summed E-state index contributed by atoms with van der Waals surface area (Å²) in [6.07, 6.45) is 5.42. The van der Waals surface area contributed by atoms with Gasteiger partial charge in [-0.15, -0.1) is 0 Å². The first-order valence-electron chi connectivity index (χ1n) is 14.1. The highest BCUT2D eigenvalue weighted by molar-refractivity contribution is 8.18. The third-order valence-electron chi connectivity index (χ3n) is 7.39. The SMILES string of the molecule is O=C1NC(=O)C(=Cc2ccnc(N3CCC(CNCc4ccccc4-c4ccc(Oc5ccccc5)cc4)CC3)n2)S1. The zero-order valence-corrected chi connectivity index (χ0v) is 23.8. The van der Waals surface area contributed by atoms with Crippen LogP contribution in [0.2, 0.25) is 0 Å². The van der Waals surface area contributed by atoms with Gasteiger partial charge in [-0.1, -0.05) is 54.6 Å². The molecule has 8 nitrogen and oxygen atoms in total. The molecule has 0 spiro atoms. The van der Waals surface area contributed by atoms with Crippen LogP contribution in [0, 0.1) is 5.92 Å². The van der Waals surface area contributed by atoms with Gasteiger partial charge in [-0.25, -0.2) is 9.97 Å². The van der Waals surface area contributed by atoms with Gasteiger partial charge in [0.2, 0.25) is 5.95 Å². The Balaban J connectivity index is 1.01. The summed E-state index contributed by atoms with van der Waals surface area (Å²) in [6.45, 7) is 3.48. The lowest BCUT2D eigenvalue weighted by Crippen LogP contribution is -2.38. The summed E-state index contributed by atoms with van der Waals surface area (Å²) >= 11 is 0.892. The number of rotatable bonds is 9. The Kier molecular flexibility index (Phi) is 8.58. The molecule has 6 rings (SSSR count). The molecule has 0 saturated carbocycles. The third-order valence-corrected chi connectivity index (χ3v) is 8.20. The number of piperidine rings is 1. The minimum atomic E-state index is -0.382. The normalized spacial score (nSPS) is 16.6. The standard InChI is InChI=1S/C33H31N5O3S/c39-31-30(42-33(40)37-31)20-26-14-17-35-32(36-26)38-18-15-23(16-19-38)21-34-22-25-6-4-5-9-29(25)24-10-12-28(13-11-24)41-27-7-2-1-3-8-27/h1-14,17,20,23,34H,15-16,18-19,21-22H2,(H,37,39,40). The molecule has 0 bridgehead atoms. The topological polar surface area (TPSA) is 96.5 Å². The number of amides is 2. The molecule has 0 aliphatic carbocycles. The van der Waals surface area contributed by atoms with Gasteiger partial charge in [0, 0.05) is 25.8 Å². The predicted octanol–water partition coefficient (Wildman–Crippen LogP) is 6.27. The second kappa shape index (κ2) is 13.0. The molecule has 0 radical (unpaired) electrons. The molecule has 4 aromatic rings. The number of ether oxygens (including phenoxy) is 1. The first-order chi connectivity index (χ1) is 20.6. The highest BCUT2D eigenvalue weighted by Gasteiger charge is 2.26. The Bertz CT molecular complexity index is 1590. The van der Waals surface area contributed by atoms with E-state index in [1.807, 2.05) is 42.5 Å². The number of carbonyl (C=O) groups excluding carboxylic acids is 2. The summed E-state index contributed by atoms with van der Waals surface area (Å²) in [4.78, 5) is 34.9. The summed E-state index contributed by atoms with van der Waals surface area (Å²) in [5, 5.41) is 5.60. The summed E-state index contributed by atoms with van der Waals surface area (Å²) in [5.74, 6) is 2.48.